The van der Waals surface area contributed by atoms with E-state index in [1.54, 1.807) is 0 Å². The van der Waals surface area contributed by atoms with Crippen molar-refractivity contribution in [1.82, 2.24) is 0 Å². The topological polar surface area (TPSA) is 26.3 Å². The first-order valence-electron chi connectivity index (χ1n) is 5.25. The SMILES string of the molecule is CCCCC1=CC(C(=O)OC)=CCC1. The second-order valence-corrected chi connectivity index (χ2v) is 3.60. The minimum Gasteiger partial charge on any atom is -0.465 e. The Morgan fingerprint density at radius 2 is 2.36 bits per heavy atom. The van der Waals surface area contributed by atoms with Crippen LogP contribution in [0.4, 0.5) is 0 Å². The zero-order valence-corrected chi connectivity index (χ0v) is 9.01. The highest BCUT2D eigenvalue weighted by Gasteiger charge is 2.11. The summed E-state index contributed by atoms with van der Waals surface area (Å²) < 4.78 is 4.69. The maximum absolute atomic E-state index is 11.3. The molecule has 1 aliphatic carbocycles. The Labute approximate surface area is 85.6 Å². The largest absolute Gasteiger partial charge is 0.465 e. The maximum atomic E-state index is 11.3. The van der Waals surface area contributed by atoms with Gasteiger partial charge in [0.15, 0.2) is 0 Å². The summed E-state index contributed by atoms with van der Waals surface area (Å²) in [6.45, 7) is 2.18. The fourth-order valence-electron chi connectivity index (χ4n) is 1.63. The van der Waals surface area contributed by atoms with Gasteiger partial charge in [-0.25, -0.2) is 4.79 Å². The van der Waals surface area contributed by atoms with E-state index in [2.05, 4.69) is 6.92 Å². The van der Waals surface area contributed by atoms with Gasteiger partial charge in [-0.1, -0.05) is 25.0 Å². The molecule has 0 N–H and O–H groups in total. The van der Waals surface area contributed by atoms with Gasteiger partial charge in [0.1, 0.15) is 0 Å². The van der Waals surface area contributed by atoms with E-state index in [0.29, 0.717) is 0 Å². The minimum atomic E-state index is -0.210. The Morgan fingerprint density at radius 3 is 3.00 bits per heavy atom. The minimum absolute atomic E-state index is 0.210. The molecule has 1 rings (SSSR count). The van der Waals surface area contributed by atoms with Crippen LogP contribution < -0.4 is 0 Å². The monoisotopic (exact) mass is 194 g/mol. The molecule has 0 amide bonds. The smallest absolute Gasteiger partial charge is 0.337 e. The molecule has 0 aromatic rings. The lowest BCUT2D eigenvalue weighted by Gasteiger charge is -2.12. The molecule has 0 saturated heterocycles. The number of carbonyl (C=O) groups is 1. The first-order valence-corrected chi connectivity index (χ1v) is 5.25. The summed E-state index contributed by atoms with van der Waals surface area (Å²) in [5.74, 6) is -0.210. The highest BCUT2D eigenvalue weighted by atomic mass is 16.5. The van der Waals surface area contributed by atoms with Crippen LogP contribution in [0.15, 0.2) is 23.3 Å². The lowest BCUT2D eigenvalue weighted by atomic mass is 9.95. The summed E-state index contributed by atoms with van der Waals surface area (Å²) in [4.78, 5) is 11.3. The van der Waals surface area contributed by atoms with Gasteiger partial charge in [0.05, 0.1) is 12.7 Å². The molecule has 0 spiro atoms. The highest BCUT2D eigenvalue weighted by Crippen LogP contribution is 2.22. The van der Waals surface area contributed by atoms with Gasteiger partial charge < -0.3 is 4.74 Å². The Bertz CT molecular complexity index is 261. The molecule has 0 aromatic carbocycles. The van der Waals surface area contributed by atoms with Crippen LogP contribution in [0.2, 0.25) is 0 Å². The molecule has 0 heterocycles. The predicted octanol–water partition coefficient (Wildman–Crippen LogP) is 3.00. The van der Waals surface area contributed by atoms with E-state index in [-0.39, 0.29) is 5.97 Å². The zero-order valence-electron chi connectivity index (χ0n) is 9.01. The first kappa shape index (κ1) is 11.0. The molecule has 0 fully saturated rings. The number of esters is 1. The van der Waals surface area contributed by atoms with Gasteiger partial charge in [-0.05, 0) is 31.8 Å². The fourth-order valence-corrected chi connectivity index (χ4v) is 1.63. The van der Waals surface area contributed by atoms with E-state index in [1.165, 1.54) is 25.5 Å². The van der Waals surface area contributed by atoms with Crippen LogP contribution in [0.3, 0.4) is 0 Å². The van der Waals surface area contributed by atoms with Gasteiger partial charge in [0.25, 0.3) is 0 Å². The fraction of sp³-hybridized carbons (Fsp3) is 0.583. The van der Waals surface area contributed by atoms with Gasteiger partial charge in [0.2, 0.25) is 0 Å². The Balaban J connectivity index is 2.58. The van der Waals surface area contributed by atoms with Gasteiger partial charge in [-0.2, -0.15) is 0 Å². The number of carbonyl (C=O) groups excluding carboxylic acids is 1. The van der Waals surface area contributed by atoms with Gasteiger partial charge in [-0.3, -0.25) is 0 Å². The second kappa shape index (κ2) is 5.63. The number of unbranched alkanes of at least 4 members (excludes halogenated alkanes) is 1. The van der Waals surface area contributed by atoms with Crippen LogP contribution in [0.25, 0.3) is 0 Å². The molecule has 0 atom stereocenters. The van der Waals surface area contributed by atoms with E-state index < -0.39 is 0 Å². The predicted molar refractivity (Wildman–Crippen MR) is 56.9 cm³/mol. The van der Waals surface area contributed by atoms with Crippen molar-refractivity contribution in [2.75, 3.05) is 7.11 Å². The van der Waals surface area contributed by atoms with Crippen molar-refractivity contribution in [3.8, 4) is 0 Å². The second-order valence-electron chi connectivity index (χ2n) is 3.60. The first-order chi connectivity index (χ1) is 6.77. The summed E-state index contributed by atoms with van der Waals surface area (Å²) in [7, 11) is 1.43. The number of hydrogen-bond donors (Lipinski definition) is 0. The van der Waals surface area contributed by atoms with Crippen molar-refractivity contribution >= 4 is 5.97 Å². The molecule has 2 heteroatoms. The van der Waals surface area contributed by atoms with Gasteiger partial charge in [0, 0.05) is 0 Å². The third-order valence-corrected chi connectivity index (χ3v) is 2.46. The molecular weight excluding hydrogens is 176 g/mol. The van der Waals surface area contributed by atoms with Crippen molar-refractivity contribution in [3.05, 3.63) is 23.3 Å². The molecule has 0 unspecified atom stereocenters. The lowest BCUT2D eigenvalue weighted by Crippen LogP contribution is -2.06. The third kappa shape index (κ3) is 3.02. The standard InChI is InChI=1S/C12H18O2/c1-3-4-6-10-7-5-8-11(9-10)12(13)14-2/h8-9H,3-7H2,1-2H3. The summed E-state index contributed by atoms with van der Waals surface area (Å²) in [5.41, 5.74) is 2.11. The van der Waals surface area contributed by atoms with Crippen molar-refractivity contribution in [3.63, 3.8) is 0 Å². The zero-order chi connectivity index (χ0) is 10.4. The van der Waals surface area contributed by atoms with Crippen LogP contribution in [-0.2, 0) is 9.53 Å². The molecule has 0 aromatic heterocycles. The molecule has 2 nitrogen and oxygen atoms in total. The quantitative estimate of drug-likeness (QED) is 0.643. The van der Waals surface area contributed by atoms with E-state index in [4.69, 9.17) is 4.74 Å². The number of hydrogen-bond acceptors (Lipinski definition) is 2. The third-order valence-electron chi connectivity index (χ3n) is 2.46. The molecule has 0 radical (unpaired) electrons. The van der Waals surface area contributed by atoms with E-state index in [1.807, 2.05) is 12.2 Å². The van der Waals surface area contributed by atoms with Gasteiger partial charge in [-0.15, -0.1) is 0 Å². The summed E-state index contributed by atoms with van der Waals surface area (Å²) >= 11 is 0. The number of ether oxygens (including phenoxy) is 1. The summed E-state index contributed by atoms with van der Waals surface area (Å²) in [6, 6.07) is 0. The maximum Gasteiger partial charge on any atom is 0.337 e. The molecule has 0 aliphatic heterocycles. The lowest BCUT2D eigenvalue weighted by molar-refractivity contribution is -0.135. The van der Waals surface area contributed by atoms with Crippen LogP contribution in [0.5, 0.6) is 0 Å². The highest BCUT2D eigenvalue weighted by molar-refractivity contribution is 5.91. The van der Waals surface area contributed by atoms with Crippen molar-refractivity contribution in [1.29, 1.82) is 0 Å². The van der Waals surface area contributed by atoms with Crippen molar-refractivity contribution in [2.45, 2.75) is 39.0 Å². The van der Waals surface area contributed by atoms with Crippen molar-refractivity contribution in [2.24, 2.45) is 0 Å². The van der Waals surface area contributed by atoms with Crippen LogP contribution in [0, 0.1) is 0 Å². The Kier molecular flexibility index (Phi) is 4.44. The number of methoxy groups -OCH3 is 1. The summed E-state index contributed by atoms with van der Waals surface area (Å²) in [5, 5.41) is 0. The van der Waals surface area contributed by atoms with Crippen LogP contribution in [-0.4, -0.2) is 13.1 Å². The Hall–Kier alpha value is -1.05. The molecule has 78 valence electrons. The van der Waals surface area contributed by atoms with Crippen LogP contribution >= 0.6 is 0 Å². The van der Waals surface area contributed by atoms with E-state index >= 15 is 0 Å². The van der Waals surface area contributed by atoms with Crippen molar-refractivity contribution < 1.29 is 9.53 Å². The molecule has 0 bridgehead atoms. The van der Waals surface area contributed by atoms with E-state index in [0.717, 1.165) is 24.8 Å². The van der Waals surface area contributed by atoms with Gasteiger partial charge >= 0.3 is 5.97 Å². The Morgan fingerprint density at radius 1 is 1.57 bits per heavy atom. The molecule has 1 aliphatic rings. The number of allylic oxidation sites excluding steroid dienone is 2. The molecular formula is C12H18O2. The average Bonchev–Trinajstić information content (AvgIpc) is 2.25. The summed E-state index contributed by atoms with van der Waals surface area (Å²) in [6.07, 6.45) is 9.55. The number of rotatable bonds is 4. The van der Waals surface area contributed by atoms with Crippen LogP contribution in [0.1, 0.15) is 39.0 Å². The molecule has 14 heavy (non-hydrogen) atoms. The van der Waals surface area contributed by atoms with E-state index in [9.17, 15) is 4.79 Å². The normalized spacial score (nSPS) is 15.9. The molecule has 0 saturated carbocycles. The average molecular weight is 194 g/mol.